The molecule has 2 atom stereocenters. The van der Waals surface area contributed by atoms with Gasteiger partial charge in [0.05, 0.1) is 28.4 Å². The number of likely N-dealkylation sites (tertiary alicyclic amines) is 1. The first kappa shape index (κ1) is 36.3. The number of amides is 2. The third-order valence-electron chi connectivity index (χ3n) is 9.21. The number of carbonyl (C=O) groups is 3. The Balaban J connectivity index is 1.91. The number of hydrogen-bond donors (Lipinski definition) is 1. The fourth-order valence-corrected chi connectivity index (χ4v) is 6.56. The molecule has 0 bridgehead atoms. The van der Waals surface area contributed by atoms with Gasteiger partial charge in [0.1, 0.15) is 11.4 Å². The molecule has 1 saturated heterocycles. The highest BCUT2D eigenvalue weighted by atomic mass is 19.4. The maximum absolute atomic E-state index is 14.2. The SMILES string of the molecule is CCN1C(=O)CC(c2cc(-c3ccc(F)cc3C)c(N(C)C(=O)C(C)(C)c3cc(C(F)(F)F)cc(C(F)(F)F)c3)cn2)[C@@]1(CC)C(=O)O. The lowest BCUT2D eigenvalue weighted by Crippen LogP contribution is -2.54. The molecule has 0 saturated carbocycles. The molecule has 2 aromatic carbocycles. The highest BCUT2D eigenvalue weighted by Crippen LogP contribution is 2.47. The quantitative estimate of drug-likeness (QED) is 0.246. The number of likely N-dealkylation sites (N-methyl/N-ethyl adjacent to an activating group) is 2. The number of halogens is 7. The Bertz CT molecular complexity index is 1740. The highest BCUT2D eigenvalue weighted by Gasteiger charge is 2.57. The number of pyridine rings is 1. The molecule has 1 aliphatic heterocycles. The van der Waals surface area contributed by atoms with E-state index >= 15 is 0 Å². The number of nitrogens with zero attached hydrogens (tertiary/aromatic N) is 3. The average Bonchev–Trinajstić information content (AvgIpc) is 3.31. The summed E-state index contributed by atoms with van der Waals surface area (Å²) in [4.78, 5) is 46.6. The van der Waals surface area contributed by atoms with Crippen molar-refractivity contribution in [2.24, 2.45) is 0 Å². The van der Waals surface area contributed by atoms with E-state index in [2.05, 4.69) is 4.98 Å². The molecule has 1 unspecified atom stereocenters. The number of alkyl halides is 6. The Morgan fingerprint density at radius 2 is 1.52 bits per heavy atom. The van der Waals surface area contributed by atoms with E-state index in [0.29, 0.717) is 23.3 Å². The molecule has 1 aliphatic rings. The summed E-state index contributed by atoms with van der Waals surface area (Å²) in [7, 11) is 1.27. The lowest BCUT2D eigenvalue weighted by Gasteiger charge is -2.37. The van der Waals surface area contributed by atoms with E-state index in [9.17, 15) is 50.2 Å². The van der Waals surface area contributed by atoms with Gasteiger partial charge in [-0.2, -0.15) is 26.3 Å². The van der Waals surface area contributed by atoms with Crippen LogP contribution in [0.25, 0.3) is 11.1 Å². The largest absolute Gasteiger partial charge is 0.479 e. The van der Waals surface area contributed by atoms with Crippen LogP contribution in [0.3, 0.4) is 0 Å². The second-order valence-corrected chi connectivity index (χ2v) is 12.3. The number of benzene rings is 2. The van der Waals surface area contributed by atoms with Gasteiger partial charge in [0.15, 0.2) is 0 Å². The van der Waals surface area contributed by atoms with Gasteiger partial charge in [-0.05, 0) is 87.2 Å². The van der Waals surface area contributed by atoms with Crippen molar-refractivity contribution in [3.8, 4) is 11.1 Å². The zero-order chi connectivity index (χ0) is 36.1. The molecule has 7 nitrogen and oxygen atoms in total. The van der Waals surface area contributed by atoms with Crippen molar-refractivity contribution in [1.82, 2.24) is 9.88 Å². The molecule has 3 aromatic rings. The van der Waals surface area contributed by atoms with Gasteiger partial charge in [-0.25, -0.2) is 9.18 Å². The van der Waals surface area contributed by atoms with Crippen LogP contribution < -0.4 is 4.90 Å². The van der Waals surface area contributed by atoms with Crippen LogP contribution in [-0.2, 0) is 32.2 Å². The van der Waals surface area contributed by atoms with Gasteiger partial charge in [-0.1, -0.05) is 13.0 Å². The highest BCUT2D eigenvalue weighted by molar-refractivity contribution is 6.03. The Kier molecular flexibility index (Phi) is 9.48. The second kappa shape index (κ2) is 12.5. The van der Waals surface area contributed by atoms with Crippen molar-refractivity contribution in [2.75, 3.05) is 18.5 Å². The van der Waals surface area contributed by atoms with E-state index in [0.717, 1.165) is 11.0 Å². The molecule has 258 valence electrons. The molecule has 2 amide bonds. The van der Waals surface area contributed by atoms with E-state index in [1.807, 2.05) is 0 Å². The molecule has 0 aliphatic carbocycles. The minimum Gasteiger partial charge on any atom is -0.479 e. The predicted octanol–water partition coefficient (Wildman–Crippen LogP) is 7.74. The van der Waals surface area contributed by atoms with Crippen LogP contribution >= 0.6 is 0 Å². The summed E-state index contributed by atoms with van der Waals surface area (Å²) in [6.45, 7) is 7.38. The number of carboxylic acid groups (broad SMARTS) is 1. The Morgan fingerprint density at radius 3 is 2.00 bits per heavy atom. The number of anilines is 1. The normalized spacial score (nSPS) is 18.7. The smallest absolute Gasteiger partial charge is 0.416 e. The second-order valence-electron chi connectivity index (χ2n) is 12.3. The van der Waals surface area contributed by atoms with Gasteiger partial charge >= 0.3 is 18.3 Å². The Hall–Kier alpha value is -4.49. The summed E-state index contributed by atoms with van der Waals surface area (Å²) in [6.07, 6.45) is -9.17. The summed E-state index contributed by atoms with van der Waals surface area (Å²) in [6, 6.07) is 6.26. The van der Waals surface area contributed by atoms with Crippen molar-refractivity contribution in [1.29, 1.82) is 0 Å². The third-order valence-corrected chi connectivity index (χ3v) is 9.21. The van der Waals surface area contributed by atoms with Gasteiger partial charge in [-0.3, -0.25) is 14.6 Å². The fraction of sp³-hybridized carbons (Fsp3) is 0.412. The molecule has 1 aromatic heterocycles. The Labute approximate surface area is 272 Å². The summed E-state index contributed by atoms with van der Waals surface area (Å²) in [5.41, 5.74) is -5.97. The van der Waals surface area contributed by atoms with Gasteiger partial charge < -0.3 is 14.9 Å². The number of aryl methyl sites for hydroxylation is 1. The molecule has 14 heteroatoms. The van der Waals surface area contributed by atoms with Gasteiger partial charge in [0, 0.05) is 37.2 Å². The minimum absolute atomic E-state index is 0.0211. The monoisotopic (exact) mass is 681 g/mol. The lowest BCUT2D eigenvalue weighted by molar-refractivity contribution is -0.155. The number of hydrogen-bond acceptors (Lipinski definition) is 4. The first-order valence-corrected chi connectivity index (χ1v) is 15.0. The van der Waals surface area contributed by atoms with Crippen molar-refractivity contribution < 1.29 is 50.2 Å². The van der Waals surface area contributed by atoms with E-state index in [-0.39, 0.29) is 42.4 Å². The summed E-state index contributed by atoms with van der Waals surface area (Å²) >= 11 is 0. The van der Waals surface area contributed by atoms with E-state index in [4.69, 9.17) is 0 Å². The van der Waals surface area contributed by atoms with Gasteiger partial charge in [0.2, 0.25) is 11.8 Å². The van der Waals surface area contributed by atoms with E-state index < -0.39 is 69.5 Å². The number of aromatic nitrogens is 1. The predicted molar refractivity (Wildman–Crippen MR) is 163 cm³/mol. The summed E-state index contributed by atoms with van der Waals surface area (Å²) in [5.74, 6) is -4.03. The van der Waals surface area contributed by atoms with Crippen molar-refractivity contribution in [3.63, 3.8) is 0 Å². The van der Waals surface area contributed by atoms with Crippen LogP contribution in [0.5, 0.6) is 0 Å². The van der Waals surface area contributed by atoms with Crippen LogP contribution in [0.15, 0.2) is 48.7 Å². The zero-order valence-corrected chi connectivity index (χ0v) is 27.0. The number of carboxylic acids is 1. The summed E-state index contributed by atoms with van der Waals surface area (Å²) < 4.78 is 96.2. The lowest BCUT2D eigenvalue weighted by atomic mass is 9.79. The summed E-state index contributed by atoms with van der Waals surface area (Å²) in [5, 5.41) is 10.4. The topological polar surface area (TPSA) is 90.8 Å². The van der Waals surface area contributed by atoms with Gasteiger partial charge in [0.25, 0.3) is 0 Å². The van der Waals surface area contributed by atoms with Crippen LogP contribution in [-0.4, -0.2) is 51.9 Å². The van der Waals surface area contributed by atoms with E-state index in [1.165, 1.54) is 50.2 Å². The maximum atomic E-state index is 14.2. The average molecular weight is 682 g/mol. The van der Waals surface area contributed by atoms with E-state index in [1.54, 1.807) is 20.8 Å². The molecule has 2 heterocycles. The number of rotatable bonds is 8. The fourth-order valence-electron chi connectivity index (χ4n) is 6.56. The molecule has 4 rings (SSSR count). The van der Waals surface area contributed by atoms with Gasteiger partial charge in [-0.15, -0.1) is 0 Å². The molecule has 48 heavy (non-hydrogen) atoms. The maximum Gasteiger partial charge on any atom is 0.416 e. The Morgan fingerprint density at radius 1 is 0.958 bits per heavy atom. The minimum atomic E-state index is -5.13. The van der Waals surface area contributed by atoms with Crippen LogP contribution in [0, 0.1) is 12.7 Å². The van der Waals surface area contributed by atoms with Crippen molar-refractivity contribution >= 4 is 23.5 Å². The van der Waals surface area contributed by atoms with Crippen molar-refractivity contribution in [2.45, 2.75) is 76.7 Å². The molecule has 1 fully saturated rings. The van der Waals surface area contributed by atoms with Crippen LogP contribution in [0.2, 0.25) is 0 Å². The van der Waals surface area contributed by atoms with Crippen LogP contribution in [0.4, 0.5) is 36.4 Å². The van der Waals surface area contributed by atoms with Crippen LogP contribution in [0.1, 0.15) is 74.4 Å². The number of aliphatic carboxylic acids is 1. The standard InChI is InChI=1S/C34H34F7N3O4/c1-7-32(30(47)48)25(16-28(45)44(32)8-2)26-15-24(23-10-9-22(35)11-18(23)3)27(17-42-26)43(6)29(46)31(4,5)19-12-20(33(36,37)38)14-21(13-19)34(39,40)41/h9-15,17,25H,7-8,16H2,1-6H3,(H,47,48)/t25?,32-/m0/s1. The van der Waals surface area contributed by atoms with Crippen molar-refractivity contribution in [3.05, 3.63) is 82.4 Å². The molecule has 1 N–H and O–H groups in total. The number of carbonyl (C=O) groups excluding carboxylic acids is 2. The third kappa shape index (κ3) is 6.24. The molecule has 0 spiro atoms. The molecule has 0 radical (unpaired) electrons. The first-order valence-electron chi connectivity index (χ1n) is 15.0. The first-order chi connectivity index (χ1) is 22.1. The molecular weight excluding hydrogens is 647 g/mol. The molecular formula is C34H34F7N3O4. The zero-order valence-electron chi connectivity index (χ0n) is 27.0.